The monoisotopic (exact) mass is 395 g/mol. The molecular weight excluding hydrogens is 369 g/mol. The summed E-state index contributed by atoms with van der Waals surface area (Å²) in [5, 5.41) is 0. The van der Waals surface area contributed by atoms with Crippen LogP contribution in [-0.2, 0) is 4.79 Å². The molecule has 2 aromatic carbocycles. The number of aliphatic imine (C=N–C) groups is 1. The molecule has 1 heterocycles. The quantitative estimate of drug-likeness (QED) is 0.387. The SMILES string of the molecule is CCN(CC)CCCN=CC1C(=O)N(c2ccc(F)cc2)C(=O)c2ccccc21. The Morgan fingerprint density at radius 3 is 2.45 bits per heavy atom. The fourth-order valence-electron chi connectivity index (χ4n) is 3.54. The van der Waals surface area contributed by atoms with Crippen molar-refractivity contribution >= 4 is 23.7 Å². The molecule has 0 aliphatic carbocycles. The summed E-state index contributed by atoms with van der Waals surface area (Å²) in [6.45, 7) is 7.84. The van der Waals surface area contributed by atoms with E-state index in [9.17, 15) is 14.0 Å². The van der Waals surface area contributed by atoms with Gasteiger partial charge >= 0.3 is 0 Å². The molecule has 2 aromatic rings. The molecule has 5 nitrogen and oxygen atoms in total. The standard InChI is InChI=1S/C23H26FN3O2/c1-3-26(4-2)15-7-14-25-16-21-19-8-5-6-9-20(19)22(28)27(23(21)29)18-12-10-17(24)11-13-18/h5-6,8-13,16,21H,3-4,7,14-15H2,1-2H3. The lowest BCUT2D eigenvalue weighted by Crippen LogP contribution is -2.45. The third-order valence-electron chi connectivity index (χ3n) is 5.21. The molecule has 3 rings (SSSR count). The van der Waals surface area contributed by atoms with Crippen LogP contribution in [0.2, 0.25) is 0 Å². The number of benzene rings is 2. The molecule has 1 aliphatic heterocycles. The topological polar surface area (TPSA) is 53.0 Å². The van der Waals surface area contributed by atoms with Crippen LogP contribution in [-0.4, -0.2) is 49.1 Å². The van der Waals surface area contributed by atoms with Crippen molar-refractivity contribution in [2.45, 2.75) is 26.2 Å². The van der Waals surface area contributed by atoms with E-state index >= 15 is 0 Å². The molecule has 0 N–H and O–H groups in total. The van der Waals surface area contributed by atoms with Gasteiger partial charge < -0.3 is 4.90 Å². The highest BCUT2D eigenvalue weighted by Gasteiger charge is 2.38. The molecule has 0 saturated carbocycles. The number of carbonyl (C=O) groups is 2. The number of hydrogen-bond donors (Lipinski definition) is 0. The lowest BCUT2D eigenvalue weighted by molar-refractivity contribution is -0.118. The van der Waals surface area contributed by atoms with Crippen LogP contribution in [0.25, 0.3) is 0 Å². The van der Waals surface area contributed by atoms with Gasteiger partial charge in [0.2, 0.25) is 5.91 Å². The minimum atomic E-state index is -0.637. The van der Waals surface area contributed by atoms with Gasteiger partial charge in [0.1, 0.15) is 5.82 Å². The molecule has 0 saturated heterocycles. The summed E-state index contributed by atoms with van der Waals surface area (Å²) >= 11 is 0. The largest absolute Gasteiger partial charge is 0.304 e. The molecule has 1 atom stereocenters. The van der Waals surface area contributed by atoms with Gasteiger partial charge in [-0.25, -0.2) is 9.29 Å². The maximum atomic E-state index is 13.3. The third-order valence-corrected chi connectivity index (χ3v) is 5.21. The molecule has 29 heavy (non-hydrogen) atoms. The van der Waals surface area contributed by atoms with Gasteiger partial charge in [0.05, 0.1) is 11.6 Å². The molecule has 0 fully saturated rings. The van der Waals surface area contributed by atoms with E-state index in [4.69, 9.17) is 0 Å². The van der Waals surface area contributed by atoms with E-state index in [1.165, 1.54) is 24.3 Å². The van der Waals surface area contributed by atoms with Gasteiger partial charge in [-0.05, 0) is 62.0 Å². The summed E-state index contributed by atoms with van der Waals surface area (Å²) in [7, 11) is 0. The van der Waals surface area contributed by atoms with E-state index in [2.05, 4.69) is 23.7 Å². The van der Waals surface area contributed by atoms with Crippen LogP contribution >= 0.6 is 0 Å². The van der Waals surface area contributed by atoms with Gasteiger partial charge in [0.25, 0.3) is 5.91 Å². The molecule has 6 heteroatoms. The second-order valence-corrected chi connectivity index (χ2v) is 6.96. The van der Waals surface area contributed by atoms with Crippen LogP contribution < -0.4 is 4.90 Å². The highest BCUT2D eigenvalue weighted by molar-refractivity contribution is 6.29. The molecule has 0 bridgehead atoms. The minimum absolute atomic E-state index is 0.357. The van der Waals surface area contributed by atoms with Gasteiger partial charge in [-0.3, -0.25) is 14.6 Å². The second kappa shape index (κ2) is 9.56. The van der Waals surface area contributed by atoms with Crippen LogP contribution in [0, 0.1) is 5.82 Å². The Labute approximate surface area is 170 Å². The van der Waals surface area contributed by atoms with Crippen molar-refractivity contribution < 1.29 is 14.0 Å². The molecular formula is C23H26FN3O2. The van der Waals surface area contributed by atoms with Gasteiger partial charge in [0, 0.05) is 18.3 Å². The molecule has 152 valence electrons. The average molecular weight is 395 g/mol. The third kappa shape index (κ3) is 4.59. The number of amides is 2. The van der Waals surface area contributed by atoms with E-state index in [1.54, 1.807) is 24.4 Å². The Hall–Kier alpha value is -2.86. The van der Waals surface area contributed by atoms with E-state index < -0.39 is 17.6 Å². The summed E-state index contributed by atoms with van der Waals surface area (Å²) in [5.74, 6) is -1.82. The fourth-order valence-corrected chi connectivity index (χ4v) is 3.54. The predicted octanol–water partition coefficient (Wildman–Crippen LogP) is 3.90. The van der Waals surface area contributed by atoms with E-state index in [0.717, 1.165) is 31.0 Å². The lowest BCUT2D eigenvalue weighted by atomic mass is 9.89. The summed E-state index contributed by atoms with van der Waals surface area (Å²) < 4.78 is 13.3. The Bertz CT molecular complexity index is 891. The van der Waals surface area contributed by atoms with Gasteiger partial charge in [-0.1, -0.05) is 32.0 Å². The van der Waals surface area contributed by atoms with Crippen LogP contribution in [0.15, 0.2) is 53.5 Å². The number of carbonyl (C=O) groups excluding carboxylic acids is 2. The molecule has 1 unspecified atom stereocenters. The van der Waals surface area contributed by atoms with Crippen molar-refractivity contribution in [2.24, 2.45) is 4.99 Å². The van der Waals surface area contributed by atoms with Crippen molar-refractivity contribution in [3.63, 3.8) is 0 Å². The van der Waals surface area contributed by atoms with Gasteiger partial charge in [-0.15, -0.1) is 0 Å². The van der Waals surface area contributed by atoms with Crippen LogP contribution in [0.4, 0.5) is 10.1 Å². The number of halogens is 1. The summed E-state index contributed by atoms with van der Waals surface area (Å²) in [6, 6.07) is 12.5. The van der Waals surface area contributed by atoms with Crippen molar-refractivity contribution in [1.29, 1.82) is 0 Å². The number of rotatable bonds is 8. The van der Waals surface area contributed by atoms with E-state index in [1.807, 2.05) is 6.07 Å². The number of anilines is 1. The van der Waals surface area contributed by atoms with Crippen molar-refractivity contribution in [3.05, 3.63) is 65.5 Å². The van der Waals surface area contributed by atoms with Crippen LogP contribution in [0.5, 0.6) is 0 Å². The molecule has 0 radical (unpaired) electrons. The number of imide groups is 1. The highest BCUT2D eigenvalue weighted by atomic mass is 19.1. The van der Waals surface area contributed by atoms with Crippen LogP contribution in [0.1, 0.15) is 42.1 Å². The Kier molecular flexibility index (Phi) is 6.88. The zero-order valence-electron chi connectivity index (χ0n) is 16.8. The number of hydrogen-bond acceptors (Lipinski definition) is 4. The van der Waals surface area contributed by atoms with E-state index in [-0.39, 0.29) is 5.91 Å². The zero-order chi connectivity index (χ0) is 20.8. The number of fused-ring (bicyclic) bond motifs is 1. The van der Waals surface area contributed by atoms with Crippen molar-refractivity contribution in [3.8, 4) is 0 Å². The molecule has 1 aliphatic rings. The molecule has 0 spiro atoms. The maximum absolute atomic E-state index is 13.3. The fraction of sp³-hybridized carbons (Fsp3) is 0.348. The van der Waals surface area contributed by atoms with Crippen molar-refractivity contribution in [1.82, 2.24) is 4.90 Å². The summed E-state index contributed by atoms with van der Waals surface area (Å²) in [5.41, 5.74) is 1.49. The summed E-state index contributed by atoms with van der Waals surface area (Å²) in [4.78, 5) is 34.0. The number of nitrogens with zero attached hydrogens (tertiary/aromatic N) is 3. The Morgan fingerprint density at radius 2 is 1.76 bits per heavy atom. The second-order valence-electron chi connectivity index (χ2n) is 6.96. The first kappa shape index (κ1) is 20.9. The first-order valence-electron chi connectivity index (χ1n) is 10.0. The lowest BCUT2D eigenvalue weighted by Gasteiger charge is -2.31. The van der Waals surface area contributed by atoms with E-state index in [0.29, 0.717) is 23.4 Å². The van der Waals surface area contributed by atoms with Gasteiger partial charge in [0.15, 0.2) is 0 Å². The van der Waals surface area contributed by atoms with Crippen molar-refractivity contribution in [2.75, 3.05) is 31.1 Å². The zero-order valence-corrected chi connectivity index (χ0v) is 16.8. The summed E-state index contributed by atoms with van der Waals surface area (Å²) in [6.07, 6.45) is 2.55. The Balaban J connectivity index is 1.83. The first-order chi connectivity index (χ1) is 14.1. The first-order valence-corrected chi connectivity index (χ1v) is 10.0. The minimum Gasteiger partial charge on any atom is -0.304 e. The van der Waals surface area contributed by atoms with Crippen LogP contribution in [0.3, 0.4) is 0 Å². The van der Waals surface area contributed by atoms with Gasteiger partial charge in [-0.2, -0.15) is 0 Å². The highest BCUT2D eigenvalue weighted by Crippen LogP contribution is 2.31. The molecule has 0 aromatic heterocycles. The maximum Gasteiger partial charge on any atom is 0.265 e. The predicted molar refractivity (Wildman–Crippen MR) is 113 cm³/mol. The molecule has 2 amide bonds. The smallest absolute Gasteiger partial charge is 0.265 e. The normalized spacial score (nSPS) is 16.7. The average Bonchev–Trinajstić information content (AvgIpc) is 2.74. The Morgan fingerprint density at radius 1 is 1.07 bits per heavy atom.